The maximum absolute atomic E-state index is 12.5. The van der Waals surface area contributed by atoms with Crippen LogP contribution in [0.25, 0.3) is 0 Å². The van der Waals surface area contributed by atoms with Crippen LogP contribution in [0.2, 0.25) is 0 Å². The zero-order valence-electron chi connectivity index (χ0n) is 7.43. The quantitative estimate of drug-likeness (QED) is 0.479. The van der Waals surface area contributed by atoms with Crippen molar-refractivity contribution in [1.82, 2.24) is 4.98 Å². The van der Waals surface area contributed by atoms with Crippen molar-refractivity contribution in [3.63, 3.8) is 0 Å². The molecule has 0 aliphatic carbocycles. The van der Waals surface area contributed by atoms with Crippen LogP contribution in [0.5, 0.6) is 5.75 Å². The first-order valence-electron chi connectivity index (χ1n) is 3.69. The van der Waals surface area contributed by atoms with Crippen molar-refractivity contribution in [1.29, 1.82) is 0 Å². The van der Waals surface area contributed by atoms with Crippen LogP contribution >= 0.6 is 34.2 Å². The van der Waals surface area contributed by atoms with E-state index in [9.17, 15) is 13.6 Å². The van der Waals surface area contributed by atoms with E-state index in [1.165, 1.54) is 7.11 Å². The summed E-state index contributed by atoms with van der Waals surface area (Å²) < 4.78 is 30.2. The Morgan fingerprint density at radius 3 is 2.67 bits per heavy atom. The highest BCUT2D eigenvalue weighted by atomic mass is 127. The smallest absolute Gasteiger partial charge is 0.271 e. The molecule has 0 unspecified atom stereocenters. The molecule has 0 fully saturated rings. The Kier molecular flexibility index (Phi) is 4.21. The molecule has 3 nitrogen and oxygen atoms in total. The first-order chi connectivity index (χ1) is 6.97. The third-order valence-electron chi connectivity index (χ3n) is 1.61. The molecule has 0 N–H and O–H groups in total. The van der Waals surface area contributed by atoms with Crippen LogP contribution < -0.4 is 4.74 Å². The van der Waals surface area contributed by atoms with Gasteiger partial charge >= 0.3 is 0 Å². The third-order valence-corrected chi connectivity index (χ3v) is 2.57. The number of ether oxygens (including phenoxy) is 1. The molecule has 15 heavy (non-hydrogen) atoms. The highest BCUT2D eigenvalue weighted by Crippen LogP contribution is 2.29. The number of hydrogen-bond acceptors (Lipinski definition) is 3. The second kappa shape index (κ2) is 5.02. The van der Waals surface area contributed by atoms with E-state index in [0.717, 1.165) is 6.07 Å². The van der Waals surface area contributed by atoms with Gasteiger partial charge in [-0.15, -0.1) is 0 Å². The van der Waals surface area contributed by atoms with Gasteiger partial charge in [-0.05, 0) is 40.3 Å². The molecule has 1 aromatic heterocycles. The van der Waals surface area contributed by atoms with Gasteiger partial charge < -0.3 is 4.74 Å². The molecule has 0 radical (unpaired) electrons. The van der Waals surface area contributed by atoms with Crippen LogP contribution in [-0.4, -0.2) is 17.3 Å². The summed E-state index contributed by atoms with van der Waals surface area (Å²) in [7, 11) is 1.33. The zero-order valence-corrected chi connectivity index (χ0v) is 10.3. The summed E-state index contributed by atoms with van der Waals surface area (Å²) in [4.78, 5) is 14.5. The Morgan fingerprint density at radius 1 is 1.67 bits per heavy atom. The molecule has 1 aromatic rings. The second-order valence-electron chi connectivity index (χ2n) is 2.49. The van der Waals surface area contributed by atoms with Gasteiger partial charge in [0.1, 0.15) is 9.39 Å². The molecule has 1 heterocycles. The van der Waals surface area contributed by atoms with Crippen molar-refractivity contribution in [2.24, 2.45) is 0 Å². The Morgan fingerprint density at radius 2 is 2.27 bits per heavy atom. The standard InChI is InChI=1S/C8H5ClF2INO2/c1-15-4-2-3(7(10)11)5(6(9)14)13-8(4)12/h2,7H,1H3. The first-order valence-corrected chi connectivity index (χ1v) is 5.15. The monoisotopic (exact) mass is 347 g/mol. The fourth-order valence-electron chi connectivity index (χ4n) is 0.954. The summed E-state index contributed by atoms with van der Waals surface area (Å²) in [5.41, 5.74) is -0.955. The van der Waals surface area contributed by atoms with E-state index < -0.39 is 22.9 Å². The number of aromatic nitrogens is 1. The molecular formula is C8H5ClF2INO2. The van der Waals surface area contributed by atoms with E-state index in [2.05, 4.69) is 4.98 Å². The molecule has 82 valence electrons. The van der Waals surface area contributed by atoms with E-state index in [1.807, 2.05) is 0 Å². The predicted octanol–water partition coefficient (Wildman–Crippen LogP) is 3.01. The Hall–Kier alpha value is -0.500. The largest absolute Gasteiger partial charge is 0.494 e. The van der Waals surface area contributed by atoms with Crippen LogP contribution in [0.3, 0.4) is 0 Å². The van der Waals surface area contributed by atoms with Crippen molar-refractivity contribution in [3.05, 3.63) is 21.0 Å². The Balaban J connectivity index is 3.38. The normalized spacial score (nSPS) is 10.5. The summed E-state index contributed by atoms with van der Waals surface area (Å²) >= 11 is 6.91. The van der Waals surface area contributed by atoms with Crippen molar-refractivity contribution in [2.45, 2.75) is 6.43 Å². The number of carbonyl (C=O) groups excluding carboxylic acids is 1. The summed E-state index contributed by atoms with van der Waals surface area (Å²) in [5, 5.41) is -1.01. The van der Waals surface area contributed by atoms with Crippen molar-refractivity contribution < 1.29 is 18.3 Å². The number of alkyl halides is 2. The van der Waals surface area contributed by atoms with E-state index in [4.69, 9.17) is 16.3 Å². The molecule has 7 heteroatoms. The number of rotatable bonds is 3. The molecule has 0 spiro atoms. The van der Waals surface area contributed by atoms with E-state index in [0.29, 0.717) is 3.70 Å². The molecule has 0 bridgehead atoms. The summed E-state index contributed by atoms with van der Waals surface area (Å²) in [6.45, 7) is 0. The number of halogens is 4. The summed E-state index contributed by atoms with van der Waals surface area (Å²) in [5.74, 6) is 0.188. The van der Waals surface area contributed by atoms with E-state index >= 15 is 0 Å². The molecule has 0 aliphatic rings. The lowest BCUT2D eigenvalue weighted by atomic mass is 10.2. The molecule has 0 aliphatic heterocycles. The maximum atomic E-state index is 12.5. The molecule has 0 saturated carbocycles. The molecule has 0 atom stereocenters. The second-order valence-corrected chi connectivity index (χ2v) is 3.86. The van der Waals surface area contributed by atoms with Crippen molar-refractivity contribution in [3.8, 4) is 5.75 Å². The van der Waals surface area contributed by atoms with E-state index in [-0.39, 0.29) is 5.75 Å². The number of carbonyl (C=O) groups is 1. The zero-order chi connectivity index (χ0) is 11.6. The minimum atomic E-state index is -2.82. The molecule has 0 saturated heterocycles. The van der Waals surface area contributed by atoms with Gasteiger partial charge in [0, 0.05) is 0 Å². The average Bonchev–Trinajstić information content (AvgIpc) is 2.16. The van der Waals surface area contributed by atoms with Crippen LogP contribution in [0, 0.1) is 3.70 Å². The fourth-order valence-corrected chi connectivity index (χ4v) is 1.72. The first kappa shape index (κ1) is 12.6. The van der Waals surface area contributed by atoms with Gasteiger partial charge in [0.25, 0.3) is 11.7 Å². The number of methoxy groups -OCH3 is 1. The van der Waals surface area contributed by atoms with Crippen LogP contribution in [0.4, 0.5) is 8.78 Å². The average molecular weight is 347 g/mol. The van der Waals surface area contributed by atoms with Crippen molar-refractivity contribution in [2.75, 3.05) is 7.11 Å². The van der Waals surface area contributed by atoms with Crippen LogP contribution in [0.15, 0.2) is 6.07 Å². The van der Waals surface area contributed by atoms with Gasteiger partial charge in [-0.25, -0.2) is 13.8 Å². The van der Waals surface area contributed by atoms with Gasteiger partial charge in [-0.1, -0.05) is 0 Å². The summed E-state index contributed by atoms with van der Waals surface area (Å²) in [6.07, 6.45) is -2.82. The number of hydrogen-bond donors (Lipinski definition) is 0. The van der Waals surface area contributed by atoms with Gasteiger partial charge in [-0.3, -0.25) is 4.79 Å². The fraction of sp³-hybridized carbons (Fsp3) is 0.250. The highest BCUT2D eigenvalue weighted by molar-refractivity contribution is 14.1. The molecular weight excluding hydrogens is 342 g/mol. The van der Waals surface area contributed by atoms with Gasteiger partial charge in [-0.2, -0.15) is 0 Å². The summed E-state index contributed by atoms with van der Waals surface area (Å²) in [6, 6.07) is 1.06. The van der Waals surface area contributed by atoms with Crippen LogP contribution in [0.1, 0.15) is 22.5 Å². The van der Waals surface area contributed by atoms with Gasteiger partial charge in [0.2, 0.25) is 0 Å². The van der Waals surface area contributed by atoms with Gasteiger partial charge in [0.05, 0.1) is 12.7 Å². The van der Waals surface area contributed by atoms with E-state index in [1.54, 1.807) is 22.6 Å². The third kappa shape index (κ3) is 2.75. The molecule has 1 rings (SSSR count). The maximum Gasteiger partial charge on any atom is 0.271 e. The van der Waals surface area contributed by atoms with Crippen molar-refractivity contribution >= 4 is 39.4 Å². The highest BCUT2D eigenvalue weighted by Gasteiger charge is 2.21. The minimum absolute atomic E-state index is 0.188. The topological polar surface area (TPSA) is 39.2 Å². The SMILES string of the molecule is COc1cc(C(F)F)c(C(=O)Cl)nc1I. The molecule has 0 aromatic carbocycles. The number of pyridine rings is 1. The molecule has 0 amide bonds. The lowest BCUT2D eigenvalue weighted by molar-refractivity contribution is 0.106. The minimum Gasteiger partial charge on any atom is -0.494 e. The van der Waals surface area contributed by atoms with Crippen LogP contribution in [-0.2, 0) is 0 Å². The predicted molar refractivity (Wildman–Crippen MR) is 58.6 cm³/mol. The lowest BCUT2D eigenvalue weighted by Gasteiger charge is -2.08. The Bertz CT molecular complexity index is 400. The number of nitrogens with zero attached hydrogens (tertiary/aromatic N) is 1. The Labute approximate surface area is 103 Å². The lowest BCUT2D eigenvalue weighted by Crippen LogP contribution is -2.05. The van der Waals surface area contributed by atoms with Gasteiger partial charge in [0.15, 0.2) is 5.75 Å².